The lowest BCUT2D eigenvalue weighted by molar-refractivity contribution is 0.660. The number of fused-ring (bicyclic) bond motifs is 6. The van der Waals surface area contributed by atoms with E-state index in [0.29, 0.717) is 5.82 Å². The maximum absolute atomic E-state index is 5.36. The highest BCUT2D eigenvalue weighted by atomic mass is 32.1. The monoisotopic (exact) mass is 834 g/mol. The Morgan fingerprint density at radius 3 is 1.64 bits per heavy atom. The molecular weight excluding hydrogens is 793 g/mol. The van der Waals surface area contributed by atoms with Crippen LogP contribution in [0, 0.1) is 0 Å². The zero-order valence-electron chi connectivity index (χ0n) is 35.6. The van der Waals surface area contributed by atoms with Crippen LogP contribution in [0.3, 0.4) is 0 Å². The molecule has 0 saturated heterocycles. The lowest BCUT2D eigenvalue weighted by atomic mass is 9.82. The zero-order valence-corrected chi connectivity index (χ0v) is 36.4. The number of thiophene rings is 1. The lowest BCUT2D eigenvalue weighted by Gasteiger charge is -2.21. The van der Waals surface area contributed by atoms with E-state index in [9.17, 15) is 0 Å². The molecule has 0 saturated carbocycles. The van der Waals surface area contributed by atoms with Gasteiger partial charge in [-0.3, -0.25) is 0 Å². The van der Waals surface area contributed by atoms with Gasteiger partial charge < -0.3 is 0 Å². The van der Waals surface area contributed by atoms with Crippen LogP contribution in [0.15, 0.2) is 218 Å². The molecule has 9 aromatic carbocycles. The summed E-state index contributed by atoms with van der Waals surface area (Å²) in [6, 6.07) is 79.2. The predicted octanol–water partition coefficient (Wildman–Crippen LogP) is 16.8. The van der Waals surface area contributed by atoms with E-state index in [1.807, 2.05) is 17.4 Å². The average molecular weight is 835 g/mol. The molecule has 2 nitrogen and oxygen atoms in total. The zero-order chi connectivity index (χ0) is 42.8. The molecule has 1 aliphatic carbocycles. The number of rotatable bonds is 7. The molecule has 0 bridgehead atoms. The summed E-state index contributed by atoms with van der Waals surface area (Å²) in [4.78, 5) is 10.7. The van der Waals surface area contributed by atoms with Crippen LogP contribution in [0.4, 0.5) is 0 Å². The van der Waals surface area contributed by atoms with Crippen LogP contribution < -0.4 is 0 Å². The Morgan fingerprint density at radius 1 is 0.328 bits per heavy atom. The van der Waals surface area contributed by atoms with Gasteiger partial charge in [0.05, 0.1) is 11.4 Å². The van der Waals surface area contributed by atoms with Crippen molar-refractivity contribution >= 4 is 31.5 Å². The molecule has 0 amide bonds. The van der Waals surface area contributed by atoms with Gasteiger partial charge in [0.15, 0.2) is 5.82 Å². The third-order valence-corrected chi connectivity index (χ3v) is 14.3. The van der Waals surface area contributed by atoms with E-state index in [0.717, 1.165) is 44.8 Å². The molecule has 12 rings (SSSR count). The summed E-state index contributed by atoms with van der Waals surface area (Å²) in [5.41, 5.74) is 19.5. The van der Waals surface area contributed by atoms with Crippen molar-refractivity contribution in [2.45, 2.75) is 19.3 Å². The van der Waals surface area contributed by atoms with Crippen molar-refractivity contribution in [3.63, 3.8) is 0 Å². The van der Waals surface area contributed by atoms with Gasteiger partial charge >= 0.3 is 0 Å². The first-order valence-electron chi connectivity index (χ1n) is 22.0. The van der Waals surface area contributed by atoms with E-state index in [1.165, 1.54) is 70.2 Å². The molecule has 0 fully saturated rings. The Hall–Kier alpha value is -7.72. The fraction of sp³-hybridized carbons (Fsp3) is 0.0492. The fourth-order valence-corrected chi connectivity index (χ4v) is 10.9. The van der Waals surface area contributed by atoms with Gasteiger partial charge in [-0.05, 0) is 115 Å². The van der Waals surface area contributed by atoms with E-state index in [-0.39, 0.29) is 5.41 Å². The van der Waals surface area contributed by atoms with Gasteiger partial charge in [-0.15, -0.1) is 11.3 Å². The maximum Gasteiger partial charge on any atom is 0.160 e. The van der Waals surface area contributed by atoms with Crippen LogP contribution in [0.2, 0.25) is 0 Å². The topological polar surface area (TPSA) is 25.8 Å². The number of benzene rings is 9. The van der Waals surface area contributed by atoms with Gasteiger partial charge in [0.1, 0.15) is 0 Å². The molecule has 1 aliphatic rings. The van der Waals surface area contributed by atoms with Crippen molar-refractivity contribution in [1.29, 1.82) is 0 Å². The van der Waals surface area contributed by atoms with Crippen molar-refractivity contribution in [3.8, 4) is 89.5 Å². The SMILES string of the molecule is CC1(C)c2ccccc2-c2c(-c3cccc(-c4cc(-c5cc(-c6ccc(-c7ccccc7)cc6)cc(-c6ccc7sc8ccccc8c7c6)c5)nc(-c5ccccc5)n4)c3)cccc21. The second-order valence-electron chi connectivity index (χ2n) is 17.4. The van der Waals surface area contributed by atoms with E-state index >= 15 is 0 Å². The van der Waals surface area contributed by atoms with Gasteiger partial charge in [-0.25, -0.2) is 9.97 Å². The quantitative estimate of drug-likeness (QED) is 0.160. The average Bonchev–Trinajstić information content (AvgIpc) is 3.85. The molecule has 0 unspecified atom stereocenters. The van der Waals surface area contributed by atoms with E-state index in [4.69, 9.17) is 9.97 Å². The summed E-state index contributed by atoms with van der Waals surface area (Å²) >= 11 is 1.85. The van der Waals surface area contributed by atoms with Crippen molar-refractivity contribution < 1.29 is 0 Å². The summed E-state index contributed by atoms with van der Waals surface area (Å²) in [5, 5.41) is 2.57. The summed E-state index contributed by atoms with van der Waals surface area (Å²) in [5.74, 6) is 0.695. The highest BCUT2D eigenvalue weighted by Crippen LogP contribution is 2.52. The molecule has 0 aliphatic heterocycles. The van der Waals surface area contributed by atoms with Gasteiger partial charge in [0, 0.05) is 42.3 Å². The number of nitrogens with zero attached hydrogens (tertiary/aromatic N) is 2. The molecular formula is C61H42N2S. The summed E-state index contributed by atoms with van der Waals surface area (Å²) in [6.45, 7) is 4.68. The van der Waals surface area contributed by atoms with Crippen molar-refractivity contribution in [1.82, 2.24) is 9.97 Å². The van der Waals surface area contributed by atoms with E-state index in [2.05, 4.69) is 226 Å². The number of aromatic nitrogens is 2. The van der Waals surface area contributed by atoms with Crippen LogP contribution in [-0.2, 0) is 5.41 Å². The first kappa shape index (κ1) is 38.0. The van der Waals surface area contributed by atoms with E-state index in [1.54, 1.807) is 0 Å². The molecule has 0 N–H and O–H groups in total. The Labute approximate surface area is 377 Å². The van der Waals surface area contributed by atoms with Gasteiger partial charge in [0.25, 0.3) is 0 Å². The van der Waals surface area contributed by atoms with Crippen molar-refractivity contribution in [2.24, 2.45) is 0 Å². The summed E-state index contributed by atoms with van der Waals surface area (Å²) in [6.07, 6.45) is 0. The smallest absolute Gasteiger partial charge is 0.160 e. The molecule has 3 heteroatoms. The Balaban J connectivity index is 1.03. The second kappa shape index (κ2) is 15.3. The van der Waals surface area contributed by atoms with Crippen molar-refractivity contribution in [2.75, 3.05) is 0 Å². The molecule has 302 valence electrons. The maximum atomic E-state index is 5.36. The second-order valence-corrected chi connectivity index (χ2v) is 18.4. The Bertz CT molecular complexity index is 3560. The summed E-state index contributed by atoms with van der Waals surface area (Å²) < 4.78 is 2.60. The molecule has 11 aromatic rings. The Morgan fingerprint density at radius 2 is 0.844 bits per heavy atom. The largest absolute Gasteiger partial charge is 0.228 e. The minimum Gasteiger partial charge on any atom is -0.228 e. The highest BCUT2D eigenvalue weighted by molar-refractivity contribution is 7.25. The first-order chi connectivity index (χ1) is 31.4. The summed E-state index contributed by atoms with van der Waals surface area (Å²) in [7, 11) is 0. The lowest BCUT2D eigenvalue weighted by Crippen LogP contribution is -2.14. The minimum atomic E-state index is -0.0771. The molecule has 2 heterocycles. The first-order valence-corrected chi connectivity index (χ1v) is 22.8. The van der Waals surface area contributed by atoms with Crippen molar-refractivity contribution in [3.05, 3.63) is 230 Å². The molecule has 64 heavy (non-hydrogen) atoms. The number of hydrogen-bond donors (Lipinski definition) is 0. The Kier molecular flexibility index (Phi) is 9.06. The van der Waals surface area contributed by atoms with Gasteiger partial charge in [-0.1, -0.05) is 184 Å². The molecule has 0 atom stereocenters. The van der Waals surface area contributed by atoms with Crippen LogP contribution in [0.25, 0.3) is 110 Å². The normalized spacial score (nSPS) is 12.7. The highest BCUT2D eigenvalue weighted by Gasteiger charge is 2.36. The van der Waals surface area contributed by atoms with E-state index < -0.39 is 0 Å². The van der Waals surface area contributed by atoms with Gasteiger partial charge in [0.2, 0.25) is 0 Å². The minimum absolute atomic E-state index is 0.0771. The third kappa shape index (κ3) is 6.56. The van der Waals surface area contributed by atoms with Crippen LogP contribution in [0.1, 0.15) is 25.0 Å². The third-order valence-electron chi connectivity index (χ3n) is 13.1. The van der Waals surface area contributed by atoms with Gasteiger partial charge in [-0.2, -0.15) is 0 Å². The fourth-order valence-electron chi connectivity index (χ4n) is 9.80. The number of hydrogen-bond acceptors (Lipinski definition) is 3. The van der Waals surface area contributed by atoms with Crippen LogP contribution in [-0.4, -0.2) is 9.97 Å². The molecule has 2 aromatic heterocycles. The van der Waals surface area contributed by atoms with Crippen LogP contribution >= 0.6 is 11.3 Å². The predicted molar refractivity (Wildman–Crippen MR) is 271 cm³/mol. The standard InChI is InChI=1S/C61H42N2S/c1-61(2)53-24-11-9-22-51(53)59-49(23-14-25-54(59)61)44-19-13-20-45(33-44)55-38-56(63-60(62-55)42-17-7-4-8-18-42)48-35-46(41-29-27-40(28-30-41)39-15-5-3-6-16-39)34-47(36-48)43-31-32-58-52(37-43)50-21-10-12-26-57(50)64-58/h3-38H,1-2H3. The molecule has 0 spiro atoms. The molecule has 0 radical (unpaired) electrons. The van der Waals surface area contributed by atoms with Crippen LogP contribution in [0.5, 0.6) is 0 Å².